The van der Waals surface area contributed by atoms with E-state index in [0.29, 0.717) is 18.7 Å². The number of anilines is 1. The van der Waals surface area contributed by atoms with Gasteiger partial charge in [0.2, 0.25) is 5.91 Å². The highest BCUT2D eigenvalue weighted by Crippen LogP contribution is 2.27. The number of sulfonamides is 1. The van der Waals surface area contributed by atoms with Gasteiger partial charge < -0.3 is 4.90 Å². The van der Waals surface area contributed by atoms with Crippen molar-refractivity contribution in [3.63, 3.8) is 0 Å². The van der Waals surface area contributed by atoms with Gasteiger partial charge in [-0.15, -0.1) is 0 Å². The molecule has 0 aromatic heterocycles. The first-order chi connectivity index (χ1) is 14.8. The van der Waals surface area contributed by atoms with Gasteiger partial charge in [0.15, 0.2) is 0 Å². The maximum absolute atomic E-state index is 13.5. The molecule has 0 saturated carbocycles. The molecular weight excluding hydrogens is 408 g/mol. The van der Waals surface area contributed by atoms with Crippen molar-refractivity contribution in [2.45, 2.75) is 31.7 Å². The first-order valence-corrected chi connectivity index (χ1v) is 11.7. The van der Waals surface area contributed by atoms with Crippen LogP contribution in [0, 0.1) is 6.92 Å². The number of likely N-dealkylation sites (N-methyl/N-ethyl adjacent to an activating group) is 1. The summed E-state index contributed by atoms with van der Waals surface area (Å²) in [6.45, 7) is 4.12. The average Bonchev–Trinajstić information content (AvgIpc) is 2.79. The fourth-order valence-corrected chi connectivity index (χ4v) is 4.84. The number of carbonyl (C=O) groups excluding carboxylic acids is 1. The Morgan fingerprint density at radius 3 is 2.13 bits per heavy atom. The van der Waals surface area contributed by atoms with E-state index in [1.165, 1.54) is 4.31 Å². The Hall–Kier alpha value is -3.12. The Kier molecular flexibility index (Phi) is 7.13. The van der Waals surface area contributed by atoms with Crippen molar-refractivity contribution in [3.8, 4) is 0 Å². The van der Waals surface area contributed by atoms with Crippen molar-refractivity contribution >= 4 is 21.6 Å². The topological polar surface area (TPSA) is 57.7 Å². The molecule has 3 rings (SSSR count). The molecule has 0 fully saturated rings. The van der Waals surface area contributed by atoms with E-state index in [-0.39, 0.29) is 17.3 Å². The van der Waals surface area contributed by atoms with E-state index in [1.54, 1.807) is 54.4 Å². The molecular formula is C25H28N2O3S. The van der Waals surface area contributed by atoms with Crippen LogP contribution in [-0.2, 0) is 27.8 Å². The van der Waals surface area contributed by atoms with Gasteiger partial charge in [0, 0.05) is 13.6 Å². The zero-order chi connectivity index (χ0) is 22.4. The number of benzene rings is 3. The van der Waals surface area contributed by atoms with E-state index in [1.807, 2.05) is 50.2 Å². The Morgan fingerprint density at radius 1 is 0.871 bits per heavy atom. The van der Waals surface area contributed by atoms with Crippen molar-refractivity contribution in [2.75, 3.05) is 17.9 Å². The average molecular weight is 437 g/mol. The molecule has 3 aromatic rings. The molecule has 0 heterocycles. The molecule has 0 radical (unpaired) electrons. The first-order valence-electron chi connectivity index (χ1n) is 10.3. The Balaban J connectivity index is 1.93. The summed E-state index contributed by atoms with van der Waals surface area (Å²) in [5, 5.41) is 0. The maximum Gasteiger partial charge on any atom is 0.264 e. The van der Waals surface area contributed by atoms with Crippen molar-refractivity contribution in [2.24, 2.45) is 0 Å². The van der Waals surface area contributed by atoms with E-state index in [9.17, 15) is 13.2 Å². The SMILES string of the molecule is CCc1ccccc1N(CC(=O)N(C)Cc1ccc(C)cc1)S(=O)(=O)c1ccccc1. The molecule has 5 nitrogen and oxygen atoms in total. The van der Waals surface area contributed by atoms with Crippen LogP contribution < -0.4 is 4.31 Å². The number of amides is 1. The summed E-state index contributed by atoms with van der Waals surface area (Å²) in [4.78, 5) is 14.8. The fourth-order valence-electron chi connectivity index (χ4n) is 3.37. The van der Waals surface area contributed by atoms with Crippen molar-refractivity contribution < 1.29 is 13.2 Å². The molecule has 0 aliphatic carbocycles. The highest BCUT2D eigenvalue weighted by atomic mass is 32.2. The summed E-state index contributed by atoms with van der Waals surface area (Å²) in [7, 11) is -2.21. The minimum atomic E-state index is -3.91. The van der Waals surface area contributed by atoms with Gasteiger partial charge in [-0.25, -0.2) is 8.42 Å². The number of rotatable bonds is 8. The minimum absolute atomic E-state index is 0.162. The van der Waals surface area contributed by atoms with Crippen molar-refractivity contribution in [1.29, 1.82) is 0 Å². The quantitative estimate of drug-likeness (QED) is 0.526. The fraction of sp³-hybridized carbons (Fsp3) is 0.240. The van der Waals surface area contributed by atoms with Crippen LogP contribution in [0.5, 0.6) is 0 Å². The second kappa shape index (κ2) is 9.79. The molecule has 31 heavy (non-hydrogen) atoms. The van der Waals surface area contributed by atoms with Gasteiger partial charge in [0.25, 0.3) is 10.0 Å². The number of nitrogens with zero attached hydrogens (tertiary/aromatic N) is 2. The zero-order valence-electron chi connectivity index (χ0n) is 18.2. The second-order valence-electron chi connectivity index (χ2n) is 7.54. The highest BCUT2D eigenvalue weighted by molar-refractivity contribution is 7.92. The predicted molar refractivity (Wildman–Crippen MR) is 124 cm³/mol. The van der Waals surface area contributed by atoms with E-state index >= 15 is 0 Å². The Bertz CT molecular complexity index is 1130. The summed E-state index contributed by atoms with van der Waals surface area (Å²) in [6, 6.07) is 23.5. The molecule has 6 heteroatoms. The van der Waals surface area contributed by atoms with Gasteiger partial charge in [0.1, 0.15) is 6.54 Å². The lowest BCUT2D eigenvalue weighted by Gasteiger charge is -2.28. The van der Waals surface area contributed by atoms with Gasteiger partial charge in [-0.2, -0.15) is 0 Å². The van der Waals surface area contributed by atoms with Crippen LogP contribution in [0.25, 0.3) is 0 Å². The molecule has 0 N–H and O–H groups in total. The summed E-state index contributed by atoms with van der Waals surface area (Å²) >= 11 is 0. The number of aryl methyl sites for hydroxylation is 2. The smallest absolute Gasteiger partial charge is 0.264 e. The molecule has 0 atom stereocenters. The molecule has 1 amide bonds. The molecule has 0 spiro atoms. The normalized spacial score (nSPS) is 11.2. The predicted octanol–water partition coefficient (Wildman–Crippen LogP) is 4.41. The maximum atomic E-state index is 13.5. The number of hydrogen-bond donors (Lipinski definition) is 0. The van der Waals surface area contributed by atoms with Gasteiger partial charge in [0.05, 0.1) is 10.6 Å². The minimum Gasteiger partial charge on any atom is -0.340 e. The van der Waals surface area contributed by atoms with E-state index in [4.69, 9.17) is 0 Å². The zero-order valence-corrected chi connectivity index (χ0v) is 19.0. The highest BCUT2D eigenvalue weighted by Gasteiger charge is 2.29. The summed E-state index contributed by atoms with van der Waals surface area (Å²) in [6.07, 6.45) is 0.657. The van der Waals surface area contributed by atoms with Gasteiger partial charge >= 0.3 is 0 Å². The van der Waals surface area contributed by atoms with Crippen LogP contribution in [0.3, 0.4) is 0 Å². The second-order valence-corrected chi connectivity index (χ2v) is 9.40. The first kappa shape index (κ1) is 22.6. The third kappa shape index (κ3) is 5.33. The molecule has 0 unspecified atom stereocenters. The standard InChI is InChI=1S/C25H28N2O3S/c1-4-22-10-8-9-13-24(22)27(31(29,30)23-11-6-5-7-12-23)19-25(28)26(3)18-21-16-14-20(2)15-17-21/h5-17H,4,18-19H2,1-3H3. The van der Waals surface area contributed by atoms with Crippen LogP contribution in [-0.4, -0.2) is 32.8 Å². The monoisotopic (exact) mass is 436 g/mol. The Labute approximate surface area is 185 Å². The van der Waals surface area contributed by atoms with Crippen molar-refractivity contribution in [3.05, 3.63) is 95.6 Å². The third-order valence-corrected chi connectivity index (χ3v) is 6.99. The number of para-hydroxylation sites is 1. The van der Waals surface area contributed by atoms with E-state index < -0.39 is 10.0 Å². The molecule has 0 aliphatic rings. The van der Waals surface area contributed by atoms with E-state index in [2.05, 4.69) is 0 Å². The van der Waals surface area contributed by atoms with Crippen LogP contribution in [0.15, 0.2) is 83.8 Å². The number of hydrogen-bond acceptors (Lipinski definition) is 3. The third-order valence-electron chi connectivity index (χ3n) is 5.22. The lowest BCUT2D eigenvalue weighted by molar-refractivity contribution is -0.128. The molecule has 3 aromatic carbocycles. The van der Waals surface area contributed by atoms with Gasteiger partial charge in [-0.3, -0.25) is 9.10 Å². The van der Waals surface area contributed by atoms with Crippen LogP contribution in [0.2, 0.25) is 0 Å². The lowest BCUT2D eigenvalue weighted by atomic mass is 10.1. The molecule has 0 saturated heterocycles. The Morgan fingerprint density at radius 2 is 1.48 bits per heavy atom. The summed E-state index contributed by atoms with van der Waals surface area (Å²) < 4.78 is 28.3. The van der Waals surface area contributed by atoms with E-state index in [0.717, 1.165) is 16.7 Å². The molecule has 162 valence electrons. The van der Waals surface area contributed by atoms with Gasteiger partial charge in [-0.1, -0.05) is 73.2 Å². The summed E-state index contributed by atoms with van der Waals surface area (Å²) in [5.74, 6) is -0.272. The van der Waals surface area contributed by atoms with Gasteiger partial charge in [-0.05, 0) is 42.7 Å². The van der Waals surface area contributed by atoms with Crippen LogP contribution in [0.1, 0.15) is 23.6 Å². The summed E-state index contributed by atoms with van der Waals surface area (Å²) in [5.41, 5.74) is 3.55. The van der Waals surface area contributed by atoms with Crippen molar-refractivity contribution in [1.82, 2.24) is 4.90 Å². The largest absolute Gasteiger partial charge is 0.340 e. The molecule has 0 bridgehead atoms. The molecule has 0 aliphatic heterocycles. The lowest BCUT2D eigenvalue weighted by Crippen LogP contribution is -2.41. The van der Waals surface area contributed by atoms with Crippen LogP contribution >= 0.6 is 0 Å². The van der Waals surface area contributed by atoms with Crippen LogP contribution in [0.4, 0.5) is 5.69 Å². The number of carbonyl (C=O) groups is 1.